The molecule has 1 fully saturated rings. The van der Waals surface area contributed by atoms with Crippen molar-refractivity contribution in [3.05, 3.63) is 76.6 Å². The van der Waals surface area contributed by atoms with Gasteiger partial charge in [-0.2, -0.15) is 0 Å². The topological polar surface area (TPSA) is 68.9 Å². The normalized spacial score (nSPS) is 14.5. The monoisotopic (exact) mass is 418 g/mol. The number of carbonyl (C=O) groups excluding carboxylic acids is 1. The molecule has 1 aliphatic carbocycles. The molecule has 31 heavy (non-hydrogen) atoms. The average molecular weight is 418 g/mol. The quantitative estimate of drug-likeness (QED) is 0.539. The number of amides is 1. The molecule has 1 amide bonds. The Labute approximate surface area is 178 Å². The van der Waals surface area contributed by atoms with E-state index in [1.165, 1.54) is 23.0 Å². The highest BCUT2D eigenvalue weighted by atomic mass is 19.1. The molecule has 1 saturated carbocycles. The largest absolute Gasteiger partial charge is 0.352 e. The summed E-state index contributed by atoms with van der Waals surface area (Å²) in [6.07, 6.45) is 5.80. The summed E-state index contributed by atoms with van der Waals surface area (Å²) in [4.78, 5) is 30.7. The van der Waals surface area contributed by atoms with Gasteiger partial charge in [0, 0.05) is 11.4 Å². The molecule has 7 heteroatoms. The zero-order valence-corrected chi connectivity index (χ0v) is 17.1. The zero-order valence-electron chi connectivity index (χ0n) is 17.1. The molecule has 4 aromatic rings. The minimum Gasteiger partial charge on any atom is -0.352 e. The average Bonchev–Trinajstić information content (AvgIpc) is 3.38. The van der Waals surface area contributed by atoms with Crippen molar-refractivity contribution in [2.45, 2.75) is 44.8 Å². The number of nitrogens with zero attached hydrogens (tertiary/aromatic N) is 3. The summed E-state index contributed by atoms with van der Waals surface area (Å²) in [5.41, 5.74) is 2.38. The van der Waals surface area contributed by atoms with Gasteiger partial charge in [0.05, 0.1) is 18.4 Å². The number of carbonyl (C=O) groups is 1. The van der Waals surface area contributed by atoms with E-state index in [-0.39, 0.29) is 36.4 Å². The van der Waals surface area contributed by atoms with Crippen LogP contribution in [0.2, 0.25) is 0 Å². The van der Waals surface area contributed by atoms with Crippen LogP contribution in [0.4, 0.5) is 4.39 Å². The van der Waals surface area contributed by atoms with Gasteiger partial charge >= 0.3 is 0 Å². The lowest BCUT2D eigenvalue weighted by molar-refractivity contribution is -0.122. The van der Waals surface area contributed by atoms with E-state index < -0.39 is 0 Å². The standard InChI is InChI=1S/C24H23FN4O2/c25-17-11-9-16(10-12-17)13-28-15-26-22-19-7-3-4-8-20(19)29(23(22)24(28)31)14-21(30)27-18-5-1-2-6-18/h3-4,7-12,15,18H,1-2,5-6,13-14H2,(H,27,30). The number of hydrogen-bond donors (Lipinski definition) is 1. The molecule has 158 valence electrons. The van der Waals surface area contributed by atoms with Crippen molar-refractivity contribution in [1.29, 1.82) is 0 Å². The highest BCUT2D eigenvalue weighted by molar-refractivity contribution is 6.06. The van der Waals surface area contributed by atoms with Crippen molar-refractivity contribution in [2.24, 2.45) is 0 Å². The van der Waals surface area contributed by atoms with Crippen LogP contribution in [-0.4, -0.2) is 26.1 Å². The highest BCUT2D eigenvalue weighted by Gasteiger charge is 2.21. The predicted molar refractivity (Wildman–Crippen MR) is 117 cm³/mol. The summed E-state index contributed by atoms with van der Waals surface area (Å²) in [6, 6.07) is 13.9. The van der Waals surface area contributed by atoms with Gasteiger partial charge < -0.3 is 9.88 Å². The Morgan fingerprint density at radius 2 is 1.84 bits per heavy atom. The van der Waals surface area contributed by atoms with Crippen molar-refractivity contribution in [2.75, 3.05) is 0 Å². The second-order valence-electron chi connectivity index (χ2n) is 8.15. The van der Waals surface area contributed by atoms with E-state index in [0.29, 0.717) is 11.0 Å². The Bertz CT molecular complexity index is 1320. The fourth-order valence-corrected chi connectivity index (χ4v) is 4.50. The van der Waals surface area contributed by atoms with Gasteiger partial charge in [-0.25, -0.2) is 9.37 Å². The third-order valence-corrected chi connectivity index (χ3v) is 6.02. The van der Waals surface area contributed by atoms with Crippen molar-refractivity contribution in [3.8, 4) is 0 Å². The van der Waals surface area contributed by atoms with Gasteiger partial charge in [0.25, 0.3) is 5.56 Å². The third kappa shape index (κ3) is 3.71. The van der Waals surface area contributed by atoms with Crippen molar-refractivity contribution >= 4 is 27.8 Å². The lowest BCUT2D eigenvalue weighted by Gasteiger charge is -2.13. The van der Waals surface area contributed by atoms with Crippen LogP contribution in [0.1, 0.15) is 31.2 Å². The van der Waals surface area contributed by atoms with Gasteiger partial charge in [-0.05, 0) is 36.6 Å². The zero-order chi connectivity index (χ0) is 21.4. The smallest absolute Gasteiger partial charge is 0.278 e. The molecule has 1 aliphatic rings. The fourth-order valence-electron chi connectivity index (χ4n) is 4.50. The molecule has 1 N–H and O–H groups in total. The Morgan fingerprint density at radius 3 is 2.61 bits per heavy atom. The maximum absolute atomic E-state index is 13.4. The van der Waals surface area contributed by atoms with E-state index in [1.807, 2.05) is 24.3 Å². The molecule has 0 bridgehead atoms. The summed E-state index contributed by atoms with van der Waals surface area (Å²) in [5.74, 6) is -0.416. The SMILES string of the molecule is O=C(Cn1c2ccccc2c2ncn(Cc3ccc(F)cc3)c(=O)c21)NC1CCCC1. The van der Waals surface area contributed by atoms with Gasteiger partial charge in [0.2, 0.25) is 5.91 Å². The molecule has 0 spiro atoms. The van der Waals surface area contributed by atoms with Gasteiger partial charge in [-0.3, -0.25) is 14.2 Å². The van der Waals surface area contributed by atoms with Crippen molar-refractivity contribution in [1.82, 2.24) is 19.4 Å². The summed E-state index contributed by atoms with van der Waals surface area (Å²) in [6.45, 7) is 0.343. The van der Waals surface area contributed by atoms with Crippen LogP contribution in [-0.2, 0) is 17.9 Å². The van der Waals surface area contributed by atoms with E-state index in [9.17, 15) is 14.0 Å². The number of rotatable bonds is 5. The maximum Gasteiger partial charge on any atom is 0.278 e. The number of aromatic nitrogens is 3. The molecular weight excluding hydrogens is 395 g/mol. The second kappa shape index (κ2) is 7.98. The van der Waals surface area contributed by atoms with Crippen LogP contribution in [0.25, 0.3) is 21.9 Å². The number of benzene rings is 2. The number of halogens is 1. The van der Waals surface area contributed by atoms with Crippen LogP contribution in [0.5, 0.6) is 0 Å². The first-order valence-electron chi connectivity index (χ1n) is 10.6. The summed E-state index contributed by atoms with van der Waals surface area (Å²) in [5, 5.41) is 3.95. The van der Waals surface area contributed by atoms with Gasteiger partial charge in [0.15, 0.2) is 0 Å². The van der Waals surface area contributed by atoms with Crippen LogP contribution in [0.3, 0.4) is 0 Å². The minimum absolute atomic E-state index is 0.0675. The summed E-state index contributed by atoms with van der Waals surface area (Å²) in [7, 11) is 0. The first kappa shape index (κ1) is 19.5. The van der Waals surface area contributed by atoms with Gasteiger partial charge in [-0.1, -0.05) is 43.2 Å². The maximum atomic E-state index is 13.4. The molecule has 6 nitrogen and oxygen atoms in total. The van der Waals surface area contributed by atoms with Gasteiger partial charge in [0.1, 0.15) is 23.4 Å². The van der Waals surface area contributed by atoms with Crippen LogP contribution < -0.4 is 10.9 Å². The first-order valence-corrected chi connectivity index (χ1v) is 10.6. The van der Waals surface area contributed by atoms with E-state index in [0.717, 1.165) is 42.1 Å². The van der Waals surface area contributed by atoms with Crippen molar-refractivity contribution < 1.29 is 9.18 Å². The molecule has 0 atom stereocenters. The number of para-hydroxylation sites is 1. The highest BCUT2D eigenvalue weighted by Crippen LogP contribution is 2.25. The Morgan fingerprint density at radius 1 is 1.10 bits per heavy atom. The van der Waals surface area contributed by atoms with E-state index in [2.05, 4.69) is 10.3 Å². The lowest BCUT2D eigenvalue weighted by Crippen LogP contribution is -2.35. The first-order chi connectivity index (χ1) is 15.1. The molecule has 2 aromatic heterocycles. The van der Waals surface area contributed by atoms with E-state index in [4.69, 9.17) is 0 Å². The molecule has 2 aromatic carbocycles. The lowest BCUT2D eigenvalue weighted by atomic mass is 10.2. The minimum atomic E-state index is -0.321. The van der Waals surface area contributed by atoms with E-state index >= 15 is 0 Å². The number of hydrogen-bond acceptors (Lipinski definition) is 3. The summed E-state index contributed by atoms with van der Waals surface area (Å²) < 4.78 is 16.5. The van der Waals surface area contributed by atoms with Crippen LogP contribution in [0, 0.1) is 5.82 Å². The molecule has 2 heterocycles. The number of fused-ring (bicyclic) bond motifs is 3. The Hall–Kier alpha value is -3.48. The number of nitrogens with one attached hydrogen (secondary N) is 1. The van der Waals surface area contributed by atoms with Crippen LogP contribution in [0.15, 0.2) is 59.7 Å². The predicted octanol–water partition coefficient (Wildman–Crippen LogP) is 3.60. The molecule has 0 radical (unpaired) electrons. The third-order valence-electron chi connectivity index (χ3n) is 6.02. The van der Waals surface area contributed by atoms with Crippen molar-refractivity contribution in [3.63, 3.8) is 0 Å². The molecular formula is C24H23FN4O2. The van der Waals surface area contributed by atoms with E-state index in [1.54, 1.807) is 16.7 Å². The Kier molecular flexibility index (Phi) is 5.02. The molecule has 0 aliphatic heterocycles. The second-order valence-corrected chi connectivity index (χ2v) is 8.15. The molecule has 0 unspecified atom stereocenters. The summed E-state index contributed by atoms with van der Waals surface area (Å²) >= 11 is 0. The van der Waals surface area contributed by atoms with Crippen LogP contribution >= 0.6 is 0 Å². The fraction of sp³-hybridized carbons (Fsp3) is 0.292. The van der Waals surface area contributed by atoms with Gasteiger partial charge in [-0.15, -0.1) is 0 Å². The Balaban J connectivity index is 1.57. The molecule has 0 saturated heterocycles. The molecule has 5 rings (SSSR count).